The SMILES string of the molecule is C=Cc1ccc(COc2ccc(C3(c4ccc(F)cc4)c4ccccc4-c4ccc(N(c5cccc(F)c5)c5ccc6c(c5)C5(c7ccccc7-6)c6ccccc6-c6ccc(N(c7cccc(C=C)c7)c7ccc8c(c7)C(c7ccc(F)cc7)(c7ccc(OCc9ccc(C=C)cc9)cc7)c7ccccc7-8)cc65)cc43)cc2)cc1. The minimum Gasteiger partial charge on any atom is -0.489 e. The van der Waals surface area contributed by atoms with Gasteiger partial charge in [-0.2, -0.15) is 0 Å². The zero-order valence-electron chi connectivity index (χ0n) is 62.3. The Hall–Kier alpha value is -14.3. The summed E-state index contributed by atoms with van der Waals surface area (Å²) in [5.74, 6) is 0.402. The highest BCUT2D eigenvalue weighted by molar-refractivity contribution is 5.99. The molecule has 114 heavy (non-hydrogen) atoms. The monoisotopic (exact) mass is 1470 g/mol. The lowest BCUT2D eigenvalue weighted by atomic mass is 9.67. The summed E-state index contributed by atoms with van der Waals surface area (Å²) in [6.07, 6.45) is 5.56. The number of benzene rings is 16. The van der Waals surface area contributed by atoms with E-state index in [0.29, 0.717) is 24.7 Å². The van der Waals surface area contributed by atoms with Crippen LogP contribution in [0.1, 0.15) is 94.6 Å². The van der Waals surface area contributed by atoms with Gasteiger partial charge in [-0.1, -0.05) is 275 Å². The van der Waals surface area contributed by atoms with E-state index in [4.69, 9.17) is 9.47 Å². The third-order valence-electron chi connectivity index (χ3n) is 23.9. The topological polar surface area (TPSA) is 24.9 Å². The normalized spacial score (nSPS) is 16.0. The van der Waals surface area contributed by atoms with Crippen molar-refractivity contribution >= 4 is 52.4 Å². The number of ether oxygens (including phenoxy) is 2. The van der Waals surface area contributed by atoms with Crippen LogP contribution >= 0.6 is 0 Å². The first-order chi connectivity index (χ1) is 56.0. The fourth-order valence-corrected chi connectivity index (χ4v) is 18.9. The standard InChI is InChI=1S/C107H73F3N2O2/c1-4-69-29-33-72(34-30-69)67-113-87-53-41-76(42-54-87)105(74-37-45-78(108)46-38-74)97-25-11-7-21-89(97)93-57-49-83(63-101(93)105)111(81-19-15-17-71(6-3)61-81)85-51-59-95-91-23-9-13-27-99(91)107(103(95)65-85)100-28-14-10-24-92(100)96-60-52-86(66-104(96)107)112(82-20-16-18-80(110)62-82)84-50-58-94-90-22-8-12-26-98(90)106(102(94)64-84,75-39-47-79(109)48-40-75)77-43-55-88(56-44-77)114-68-73-35-31-70(5-2)32-36-73/h4-66H,1-3,67-68H2. The highest BCUT2D eigenvalue weighted by Crippen LogP contribution is 2.66. The Labute approximate surface area is 661 Å². The van der Waals surface area contributed by atoms with Crippen LogP contribution in [0.15, 0.2) is 384 Å². The zero-order valence-corrected chi connectivity index (χ0v) is 62.3. The molecular weight excluding hydrogens is 1400 g/mol. The van der Waals surface area contributed by atoms with Gasteiger partial charge >= 0.3 is 0 Å². The van der Waals surface area contributed by atoms with Crippen molar-refractivity contribution in [1.82, 2.24) is 0 Å². The Morgan fingerprint density at radius 3 is 0.886 bits per heavy atom. The molecular formula is C107H73F3N2O2. The maximum atomic E-state index is 16.5. The molecule has 4 nitrogen and oxygen atoms in total. The molecule has 0 saturated carbocycles. The van der Waals surface area contributed by atoms with E-state index in [9.17, 15) is 0 Å². The van der Waals surface area contributed by atoms with E-state index in [1.54, 1.807) is 36.4 Å². The molecule has 0 N–H and O–H groups in total. The molecule has 20 rings (SSSR count). The smallest absolute Gasteiger partial charge is 0.125 e. The molecule has 544 valence electrons. The van der Waals surface area contributed by atoms with Crippen LogP contribution in [0, 0.1) is 17.5 Å². The second-order valence-corrected chi connectivity index (χ2v) is 29.8. The van der Waals surface area contributed by atoms with Gasteiger partial charge in [0.05, 0.1) is 16.2 Å². The molecule has 0 amide bonds. The number of anilines is 6. The second-order valence-electron chi connectivity index (χ2n) is 29.8. The molecule has 0 radical (unpaired) electrons. The summed E-state index contributed by atoms with van der Waals surface area (Å²) in [7, 11) is 0. The van der Waals surface area contributed by atoms with Gasteiger partial charge in [-0.25, -0.2) is 13.2 Å². The van der Waals surface area contributed by atoms with Crippen molar-refractivity contribution in [1.29, 1.82) is 0 Å². The van der Waals surface area contributed by atoms with Crippen LogP contribution < -0.4 is 19.3 Å². The zero-order chi connectivity index (χ0) is 76.8. The number of halogens is 3. The van der Waals surface area contributed by atoms with Gasteiger partial charge in [0.1, 0.15) is 42.2 Å². The van der Waals surface area contributed by atoms with Crippen molar-refractivity contribution in [2.75, 3.05) is 9.80 Å². The van der Waals surface area contributed by atoms with E-state index in [2.05, 4.69) is 272 Å². The largest absolute Gasteiger partial charge is 0.489 e. The summed E-state index contributed by atoms with van der Waals surface area (Å²) >= 11 is 0. The first-order valence-corrected chi connectivity index (χ1v) is 38.5. The van der Waals surface area contributed by atoms with Crippen molar-refractivity contribution in [3.05, 3.63) is 496 Å². The molecule has 0 heterocycles. The third kappa shape index (κ3) is 10.9. The van der Waals surface area contributed by atoms with Crippen LogP contribution in [0.3, 0.4) is 0 Å². The summed E-state index contributed by atoms with van der Waals surface area (Å²) in [5.41, 5.74) is 28.5. The van der Waals surface area contributed by atoms with Gasteiger partial charge in [-0.15, -0.1) is 0 Å². The summed E-state index contributed by atoms with van der Waals surface area (Å²) in [4.78, 5) is 4.56. The predicted molar refractivity (Wildman–Crippen MR) is 458 cm³/mol. The molecule has 16 aromatic rings. The number of hydrogen-bond acceptors (Lipinski definition) is 4. The first kappa shape index (κ1) is 69.0. The van der Waals surface area contributed by atoms with Crippen LogP contribution in [0.4, 0.5) is 47.3 Å². The molecule has 4 aliphatic carbocycles. The second kappa shape index (κ2) is 27.6. The van der Waals surface area contributed by atoms with Gasteiger partial charge in [-0.3, -0.25) is 0 Å². The average Bonchev–Trinajstić information content (AvgIpc) is 1.50. The molecule has 3 atom stereocenters. The quantitative estimate of drug-likeness (QED) is 0.0806. The maximum absolute atomic E-state index is 16.5. The summed E-state index contributed by atoms with van der Waals surface area (Å²) < 4.78 is 60.4. The Bertz CT molecular complexity index is 6520. The Morgan fingerprint density at radius 1 is 0.237 bits per heavy atom. The van der Waals surface area contributed by atoms with Gasteiger partial charge in [0.2, 0.25) is 0 Å². The predicted octanol–water partition coefficient (Wildman–Crippen LogP) is 27.2. The van der Waals surface area contributed by atoms with Crippen molar-refractivity contribution in [2.45, 2.75) is 29.5 Å². The summed E-state index contributed by atoms with van der Waals surface area (Å²) in [6, 6.07) is 124. The Kier molecular flexibility index (Phi) is 16.7. The molecule has 0 aliphatic heterocycles. The van der Waals surface area contributed by atoms with Gasteiger partial charge < -0.3 is 19.3 Å². The van der Waals surface area contributed by atoms with E-state index >= 15 is 13.2 Å². The van der Waals surface area contributed by atoms with E-state index in [-0.39, 0.29) is 17.5 Å². The van der Waals surface area contributed by atoms with Crippen LogP contribution in [-0.2, 0) is 29.5 Å². The molecule has 0 bridgehead atoms. The number of rotatable bonds is 19. The van der Waals surface area contributed by atoms with Gasteiger partial charge in [0.15, 0.2) is 0 Å². The van der Waals surface area contributed by atoms with E-state index in [1.807, 2.05) is 97.1 Å². The lowest BCUT2D eigenvalue weighted by Crippen LogP contribution is -2.29. The van der Waals surface area contributed by atoms with Gasteiger partial charge in [0, 0.05) is 34.1 Å². The summed E-state index contributed by atoms with van der Waals surface area (Å²) in [5, 5.41) is 0. The fraction of sp³-hybridized carbons (Fsp3) is 0.0467. The van der Waals surface area contributed by atoms with Crippen molar-refractivity contribution in [2.24, 2.45) is 0 Å². The minimum atomic E-state index is -0.958. The molecule has 0 fully saturated rings. The van der Waals surface area contributed by atoms with Crippen molar-refractivity contribution in [3.63, 3.8) is 0 Å². The molecule has 4 aliphatic rings. The molecule has 16 aromatic carbocycles. The Balaban J connectivity index is 0.755. The van der Waals surface area contributed by atoms with Crippen LogP contribution in [0.5, 0.6) is 11.5 Å². The number of hydrogen-bond donors (Lipinski definition) is 0. The highest BCUT2D eigenvalue weighted by atomic mass is 19.1. The molecule has 3 unspecified atom stereocenters. The van der Waals surface area contributed by atoms with Crippen molar-refractivity contribution < 1.29 is 22.6 Å². The molecule has 0 aromatic heterocycles. The van der Waals surface area contributed by atoms with Crippen LogP contribution in [0.25, 0.3) is 62.7 Å². The number of nitrogens with zero attached hydrogens (tertiary/aromatic N) is 2. The average molecular weight is 1480 g/mol. The molecule has 7 heteroatoms. The Morgan fingerprint density at radius 2 is 0.535 bits per heavy atom. The summed E-state index contributed by atoms with van der Waals surface area (Å²) in [6.45, 7) is 12.9. The highest BCUT2D eigenvalue weighted by Gasteiger charge is 2.53. The van der Waals surface area contributed by atoms with Gasteiger partial charge in [-0.05, 0) is 266 Å². The van der Waals surface area contributed by atoms with E-state index in [0.717, 1.165) is 173 Å². The lowest BCUT2D eigenvalue weighted by Gasteiger charge is -2.35. The van der Waals surface area contributed by atoms with Crippen LogP contribution in [-0.4, -0.2) is 0 Å². The van der Waals surface area contributed by atoms with Crippen LogP contribution in [0.2, 0.25) is 0 Å². The van der Waals surface area contributed by atoms with Gasteiger partial charge in [0.25, 0.3) is 0 Å². The minimum absolute atomic E-state index is 0.318. The van der Waals surface area contributed by atoms with E-state index in [1.165, 1.54) is 6.07 Å². The molecule has 0 saturated heterocycles. The number of fused-ring (bicyclic) bond motifs is 16. The van der Waals surface area contributed by atoms with Crippen molar-refractivity contribution in [3.8, 4) is 56.0 Å². The maximum Gasteiger partial charge on any atom is 0.125 e. The van der Waals surface area contributed by atoms with E-state index < -0.39 is 16.2 Å². The fourth-order valence-electron chi connectivity index (χ4n) is 18.9. The third-order valence-corrected chi connectivity index (χ3v) is 23.9. The molecule has 1 spiro atoms. The lowest BCUT2D eigenvalue weighted by molar-refractivity contribution is 0.306. The first-order valence-electron chi connectivity index (χ1n) is 38.5.